The number of furan rings is 1. The number of benzene rings is 2. The van der Waals surface area contributed by atoms with E-state index in [2.05, 4.69) is 10.6 Å². The van der Waals surface area contributed by atoms with Crippen LogP contribution in [0.1, 0.15) is 33.4 Å². The van der Waals surface area contributed by atoms with E-state index in [1.807, 2.05) is 0 Å². The van der Waals surface area contributed by atoms with Gasteiger partial charge in [0.05, 0.1) is 13.4 Å². The normalized spacial score (nSPS) is 10.3. The molecule has 160 valence electrons. The Kier molecular flexibility index (Phi) is 7.05. The van der Waals surface area contributed by atoms with Crippen LogP contribution in [0.4, 0.5) is 5.69 Å². The Morgan fingerprint density at radius 1 is 1.00 bits per heavy atom. The second-order valence-corrected chi connectivity index (χ2v) is 6.62. The molecule has 2 amide bonds. The van der Waals surface area contributed by atoms with Gasteiger partial charge in [-0.2, -0.15) is 0 Å². The van der Waals surface area contributed by atoms with Crippen molar-refractivity contribution in [2.75, 3.05) is 19.0 Å². The van der Waals surface area contributed by atoms with Gasteiger partial charge in [-0.15, -0.1) is 0 Å². The summed E-state index contributed by atoms with van der Waals surface area (Å²) in [6.45, 7) is 1.56. The number of ketones is 1. The van der Waals surface area contributed by atoms with Crippen molar-refractivity contribution in [1.29, 1.82) is 0 Å². The van der Waals surface area contributed by atoms with Crippen LogP contribution in [0.5, 0.6) is 11.5 Å². The maximum absolute atomic E-state index is 12.1. The lowest BCUT2D eigenvalue weighted by Gasteiger charge is -2.12. The van der Waals surface area contributed by atoms with Gasteiger partial charge in [0.2, 0.25) is 0 Å². The molecule has 0 radical (unpaired) electrons. The molecule has 0 aliphatic carbocycles. The van der Waals surface area contributed by atoms with Crippen LogP contribution in [0, 0.1) is 0 Å². The lowest BCUT2D eigenvalue weighted by molar-refractivity contribution is -0.123. The number of carbonyl (C=O) groups is 3. The van der Waals surface area contributed by atoms with Crippen LogP contribution < -0.4 is 20.1 Å². The Morgan fingerprint density at radius 2 is 1.77 bits per heavy atom. The number of hydrogen-bond acceptors (Lipinski definition) is 6. The average molecular weight is 422 g/mol. The first-order valence-corrected chi connectivity index (χ1v) is 9.48. The molecule has 0 bridgehead atoms. The van der Waals surface area contributed by atoms with Gasteiger partial charge in [-0.3, -0.25) is 14.4 Å². The fraction of sp³-hybridized carbons (Fsp3) is 0.174. The number of ether oxygens (including phenoxy) is 2. The Bertz CT molecular complexity index is 1060. The number of nitrogens with one attached hydrogen (secondary N) is 2. The Morgan fingerprint density at radius 3 is 2.42 bits per heavy atom. The molecule has 3 aromatic rings. The molecule has 31 heavy (non-hydrogen) atoms. The van der Waals surface area contributed by atoms with E-state index in [0.29, 0.717) is 29.3 Å². The van der Waals surface area contributed by atoms with Crippen LogP contribution in [0.3, 0.4) is 0 Å². The zero-order chi connectivity index (χ0) is 22.2. The molecule has 0 fully saturated rings. The average Bonchev–Trinajstić information content (AvgIpc) is 3.32. The minimum atomic E-state index is -0.338. The maximum Gasteiger partial charge on any atom is 0.291 e. The quantitative estimate of drug-likeness (QED) is 0.512. The molecule has 0 saturated heterocycles. The molecule has 0 saturated carbocycles. The Labute approximate surface area is 179 Å². The van der Waals surface area contributed by atoms with Crippen molar-refractivity contribution >= 4 is 23.3 Å². The minimum Gasteiger partial charge on any atom is -0.493 e. The van der Waals surface area contributed by atoms with Crippen LogP contribution in [-0.4, -0.2) is 31.3 Å². The molecule has 0 aliphatic heterocycles. The van der Waals surface area contributed by atoms with Crippen molar-refractivity contribution in [3.05, 3.63) is 77.7 Å². The molecule has 3 rings (SSSR count). The topological polar surface area (TPSA) is 107 Å². The SMILES string of the molecule is COc1cc(C(C)=O)ccc1OCC(=O)NCc1ccc(NC(=O)c2ccco2)cc1. The highest BCUT2D eigenvalue weighted by Crippen LogP contribution is 2.28. The van der Waals surface area contributed by atoms with E-state index in [9.17, 15) is 14.4 Å². The van der Waals surface area contributed by atoms with Gasteiger partial charge in [0.15, 0.2) is 29.6 Å². The molecular weight excluding hydrogens is 400 g/mol. The van der Waals surface area contributed by atoms with Gasteiger partial charge in [-0.25, -0.2) is 0 Å². The third-order valence-corrected chi connectivity index (χ3v) is 4.38. The van der Waals surface area contributed by atoms with Crippen LogP contribution in [0.2, 0.25) is 0 Å². The molecule has 1 aromatic heterocycles. The number of methoxy groups -OCH3 is 1. The van der Waals surface area contributed by atoms with Crippen molar-refractivity contribution in [3.63, 3.8) is 0 Å². The predicted molar refractivity (Wildman–Crippen MR) is 113 cm³/mol. The molecule has 8 heteroatoms. The highest BCUT2D eigenvalue weighted by atomic mass is 16.5. The van der Waals surface area contributed by atoms with Crippen molar-refractivity contribution in [2.24, 2.45) is 0 Å². The summed E-state index contributed by atoms with van der Waals surface area (Å²) < 4.78 is 15.8. The summed E-state index contributed by atoms with van der Waals surface area (Å²) in [6.07, 6.45) is 1.43. The van der Waals surface area contributed by atoms with Crippen molar-refractivity contribution in [1.82, 2.24) is 5.32 Å². The zero-order valence-electron chi connectivity index (χ0n) is 17.1. The summed E-state index contributed by atoms with van der Waals surface area (Å²) in [5.74, 6) is 0.243. The number of rotatable bonds is 9. The maximum atomic E-state index is 12.1. The largest absolute Gasteiger partial charge is 0.493 e. The summed E-state index contributed by atoms with van der Waals surface area (Å²) in [5.41, 5.74) is 1.96. The van der Waals surface area contributed by atoms with Gasteiger partial charge < -0.3 is 24.5 Å². The van der Waals surface area contributed by atoms with Gasteiger partial charge in [-0.05, 0) is 55.0 Å². The fourth-order valence-electron chi connectivity index (χ4n) is 2.71. The van der Waals surface area contributed by atoms with Crippen LogP contribution in [0.25, 0.3) is 0 Å². The summed E-state index contributed by atoms with van der Waals surface area (Å²) >= 11 is 0. The number of anilines is 1. The van der Waals surface area contributed by atoms with Crippen molar-refractivity contribution < 1.29 is 28.3 Å². The third kappa shape index (κ3) is 5.96. The van der Waals surface area contributed by atoms with E-state index >= 15 is 0 Å². The standard InChI is InChI=1S/C23H22N2O6/c1-15(26)17-7-10-19(21(12-17)29-2)31-14-22(27)24-13-16-5-8-18(9-6-16)25-23(28)20-4-3-11-30-20/h3-12H,13-14H2,1-2H3,(H,24,27)(H,25,28). The predicted octanol–water partition coefficient (Wildman–Crippen LogP) is 3.44. The van der Waals surface area contributed by atoms with Gasteiger partial charge >= 0.3 is 0 Å². The first-order valence-electron chi connectivity index (χ1n) is 9.48. The van der Waals surface area contributed by atoms with Gasteiger partial charge in [0, 0.05) is 17.8 Å². The van der Waals surface area contributed by atoms with E-state index in [4.69, 9.17) is 13.9 Å². The molecule has 0 unspecified atom stereocenters. The van der Waals surface area contributed by atoms with Gasteiger partial charge in [0.25, 0.3) is 11.8 Å². The molecule has 1 heterocycles. The minimum absolute atomic E-state index is 0.0888. The summed E-state index contributed by atoms with van der Waals surface area (Å²) in [6, 6.07) is 15.1. The molecular formula is C23H22N2O6. The lowest BCUT2D eigenvalue weighted by atomic mass is 10.1. The number of hydrogen-bond donors (Lipinski definition) is 2. The molecule has 8 nitrogen and oxygen atoms in total. The number of amides is 2. The van der Waals surface area contributed by atoms with Gasteiger partial charge in [-0.1, -0.05) is 12.1 Å². The smallest absolute Gasteiger partial charge is 0.291 e. The van der Waals surface area contributed by atoms with Gasteiger partial charge in [0.1, 0.15) is 0 Å². The number of carbonyl (C=O) groups excluding carboxylic acids is 3. The molecule has 2 N–H and O–H groups in total. The lowest BCUT2D eigenvalue weighted by Crippen LogP contribution is -2.28. The summed E-state index contributed by atoms with van der Waals surface area (Å²) in [4.78, 5) is 35.5. The van der Waals surface area contributed by atoms with Crippen molar-refractivity contribution in [3.8, 4) is 11.5 Å². The van der Waals surface area contributed by atoms with Crippen LogP contribution in [-0.2, 0) is 11.3 Å². The number of Topliss-reactive ketones (excluding diaryl/α,β-unsaturated/α-hetero) is 1. The molecule has 0 spiro atoms. The summed E-state index contributed by atoms with van der Waals surface area (Å²) in [5, 5.41) is 5.48. The van der Waals surface area contributed by atoms with E-state index in [-0.39, 0.29) is 30.0 Å². The second-order valence-electron chi connectivity index (χ2n) is 6.62. The van der Waals surface area contributed by atoms with E-state index < -0.39 is 0 Å². The Balaban J connectivity index is 1.47. The van der Waals surface area contributed by atoms with Crippen molar-refractivity contribution in [2.45, 2.75) is 13.5 Å². The van der Waals surface area contributed by atoms with Crippen LogP contribution in [0.15, 0.2) is 65.3 Å². The van der Waals surface area contributed by atoms with E-state index in [0.717, 1.165) is 5.56 Å². The molecule has 0 atom stereocenters. The first kappa shape index (κ1) is 21.6. The third-order valence-electron chi connectivity index (χ3n) is 4.38. The zero-order valence-corrected chi connectivity index (χ0v) is 17.1. The first-order chi connectivity index (χ1) is 15.0. The Hall–Kier alpha value is -4.07. The van der Waals surface area contributed by atoms with E-state index in [1.54, 1.807) is 54.6 Å². The second kappa shape index (κ2) is 10.1. The summed E-state index contributed by atoms with van der Waals surface area (Å²) in [7, 11) is 1.47. The monoisotopic (exact) mass is 422 g/mol. The fourth-order valence-corrected chi connectivity index (χ4v) is 2.71. The molecule has 0 aliphatic rings. The molecule has 2 aromatic carbocycles. The van der Waals surface area contributed by atoms with Crippen LogP contribution >= 0.6 is 0 Å². The highest BCUT2D eigenvalue weighted by molar-refractivity contribution is 6.02. The van der Waals surface area contributed by atoms with E-state index in [1.165, 1.54) is 20.3 Å². The highest BCUT2D eigenvalue weighted by Gasteiger charge is 2.11.